The molecule has 0 aliphatic carbocycles. The molecule has 3 aromatic rings. The molecule has 0 saturated heterocycles. The maximum atomic E-state index is 9.21. The second-order valence-corrected chi connectivity index (χ2v) is 7.75. The number of hydrogen-bond donors (Lipinski definition) is 0. The summed E-state index contributed by atoms with van der Waals surface area (Å²) in [7, 11) is 0. The molecule has 0 aliphatic rings. The Morgan fingerprint density at radius 3 is 1.43 bits per heavy atom. The van der Waals surface area contributed by atoms with Crippen LogP contribution in [0.1, 0.15) is 87.7 Å². The number of benzene rings is 1. The molecule has 6 heteroatoms. The zero-order valence-corrected chi connectivity index (χ0v) is 17.9. The summed E-state index contributed by atoms with van der Waals surface area (Å²) in [4.78, 5) is 17.6. The standard InChI is InChI=1S/C24H28N6/c1-3-5-7-9-11-17-13-19-20(14-18(17)12-10-8-6-4-2)28-24-23(27-19)29-21(15-25)22(16-26)30-24/h13-14H,3-12H2,1-2H3. The first-order valence-corrected chi connectivity index (χ1v) is 11.0. The summed E-state index contributed by atoms with van der Waals surface area (Å²) in [5.74, 6) is 0. The van der Waals surface area contributed by atoms with Crippen LogP contribution in [0.15, 0.2) is 12.1 Å². The molecular weight excluding hydrogens is 372 g/mol. The van der Waals surface area contributed by atoms with E-state index in [0.717, 1.165) is 23.9 Å². The van der Waals surface area contributed by atoms with Gasteiger partial charge in [0.15, 0.2) is 22.7 Å². The number of nitriles is 2. The smallest absolute Gasteiger partial charge is 0.199 e. The molecule has 6 nitrogen and oxygen atoms in total. The second-order valence-electron chi connectivity index (χ2n) is 7.75. The van der Waals surface area contributed by atoms with E-state index in [9.17, 15) is 10.5 Å². The minimum atomic E-state index is -0.00835. The molecule has 154 valence electrons. The van der Waals surface area contributed by atoms with Crippen molar-refractivity contribution in [2.24, 2.45) is 0 Å². The molecule has 2 aromatic heterocycles. The van der Waals surface area contributed by atoms with E-state index in [4.69, 9.17) is 0 Å². The Morgan fingerprint density at radius 1 is 0.633 bits per heavy atom. The van der Waals surface area contributed by atoms with Crippen LogP contribution >= 0.6 is 0 Å². The minimum absolute atomic E-state index is 0.00835. The van der Waals surface area contributed by atoms with Gasteiger partial charge >= 0.3 is 0 Å². The molecule has 0 N–H and O–H groups in total. The van der Waals surface area contributed by atoms with Crippen molar-refractivity contribution in [3.63, 3.8) is 0 Å². The SMILES string of the molecule is CCCCCCc1cc2nc3nc(C#N)c(C#N)nc3nc2cc1CCCCCC. The average Bonchev–Trinajstić information content (AvgIpc) is 2.77. The van der Waals surface area contributed by atoms with Gasteiger partial charge in [-0.3, -0.25) is 0 Å². The van der Waals surface area contributed by atoms with Crippen LogP contribution < -0.4 is 0 Å². The van der Waals surface area contributed by atoms with Crippen molar-refractivity contribution in [3.05, 3.63) is 34.6 Å². The van der Waals surface area contributed by atoms with E-state index >= 15 is 0 Å². The van der Waals surface area contributed by atoms with Crippen molar-refractivity contribution in [3.8, 4) is 12.1 Å². The lowest BCUT2D eigenvalue weighted by Gasteiger charge is -2.12. The fraction of sp³-hybridized carbons (Fsp3) is 0.500. The van der Waals surface area contributed by atoms with Crippen LogP contribution in [0.2, 0.25) is 0 Å². The Morgan fingerprint density at radius 2 is 1.07 bits per heavy atom. The Balaban J connectivity index is 2.01. The van der Waals surface area contributed by atoms with Gasteiger partial charge in [-0.25, -0.2) is 19.9 Å². The third-order valence-electron chi connectivity index (χ3n) is 5.42. The first kappa shape index (κ1) is 21.6. The van der Waals surface area contributed by atoms with Gasteiger partial charge in [0.1, 0.15) is 12.1 Å². The van der Waals surface area contributed by atoms with E-state index < -0.39 is 0 Å². The van der Waals surface area contributed by atoms with Gasteiger partial charge in [0.25, 0.3) is 0 Å². The van der Waals surface area contributed by atoms with Gasteiger partial charge < -0.3 is 0 Å². The molecule has 1 aromatic carbocycles. The quantitative estimate of drug-likeness (QED) is 0.326. The molecule has 0 bridgehead atoms. The number of aromatic nitrogens is 4. The molecule has 0 spiro atoms. The van der Waals surface area contributed by atoms with Gasteiger partial charge in [-0.05, 0) is 48.9 Å². The summed E-state index contributed by atoms with van der Waals surface area (Å²) in [5, 5.41) is 18.4. The third-order valence-corrected chi connectivity index (χ3v) is 5.42. The van der Waals surface area contributed by atoms with Crippen LogP contribution in [0.3, 0.4) is 0 Å². The highest BCUT2D eigenvalue weighted by Gasteiger charge is 2.13. The monoisotopic (exact) mass is 400 g/mol. The predicted molar refractivity (Wildman–Crippen MR) is 118 cm³/mol. The number of fused-ring (bicyclic) bond motifs is 2. The highest BCUT2D eigenvalue weighted by molar-refractivity contribution is 5.84. The molecule has 30 heavy (non-hydrogen) atoms. The predicted octanol–water partition coefficient (Wildman–Crippen LogP) is 5.56. The number of aryl methyl sites for hydroxylation is 2. The van der Waals surface area contributed by atoms with Crippen LogP contribution in [-0.2, 0) is 12.8 Å². The zero-order valence-electron chi connectivity index (χ0n) is 17.9. The molecule has 0 amide bonds. The van der Waals surface area contributed by atoms with Crippen LogP contribution in [0, 0.1) is 22.7 Å². The van der Waals surface area contributed by atoms with Gasteiger partial charge in [0.05, 0.1) is 11.0 Å². The lowest BCUT2D eigenvalue weighted by Crippen LogP contribution is -2.02. The number of unbranched alkanes of at least 4 members (excludes halogenated alkanes) is 6. The second kappa shape index (κ2) is 10.6. The van der Waals surface area contributed by atoms with Gasteiger partial charge in [-0.15, -0.1) is 0 Å². The summed E-state index contributed by atoms with van der Waals surface area (Å²) in [6, 6.07) is 8.10. The molecule has 0 saturated carbocycles. The summed E-state index contributed by atoms with van der Waals surface area (Å²) >= 11 is 0. The highest BCUT2D eigenvalue weighted by Crippen LogP contribution is 2.23. The Kier molecular flexibility index (Phi) is 7.63. The Hall–Kier alpha value is -3.12. The fourth-order valence-corrected chi connectivity index (χ4v) is 3.74. The van der Waals surface area contributed by atoms with Crippen molar-refractivity contribution in [2.45, 2.75) is 78.1 Å². The highest BCUT2D eigenvalue weighted by atomic mass is 15.0. The molecule has 0 radical (unpaired) electrons. The van der Waals surface area contributed by atoms with Gasteiger partial charge in [-0.2, -0.15) is 10.5 Å². The number of hydrogen-bond acceptors (Lipinski definition) is 6. The summed E-state index contributed by atoms with van der Waals surface area (Å²) in [6.07, 6.45) is 11.9. The summed E-state index contributed by atoms with van der Waals surface area (Å²) < 4.78 is 0. The van der Waals surface area contributed by atoms with E-state index in [1.807, 2.05) is 12.1 Å². The molecule has 0 aliphatic heterocycles. The van der Waals surface area contributed by atoms with E-state index in [0.29, 0.717) is 11.3 Å². The lowest BCUT2D eigenvalue weighted by molar-refractivity contribution is 0.651. The summed E-state index contributed by atoms with van der Waals surface area (Å²) in [5.41, 5.74) is 4.83. The maximum Gasteiger partial charge on any atom is 0.199 e. The normalized spacial score (nSPS) is 10.9. The molecule has 0 unspecified atom stereocenters. The van der Waals surface area contributed by atoms with Crippen molar-refractivity contribution >= 4 is 22.3 Å². The first-order chi connectivity index (χ1) is 14.7. The molecule has 0 atom stereocenters. The van der Waals surface area contributed by atoms with Gasteiger partial charge in [0.2, 0.25) is 0 Å². The molecule has 3 rings (SSSR count). The van der Waals surface area contributed by atoms with Crippen molar-refractivity contribution < 1.29 is 0 Å². The molecular formula is C24H28N6. The number of rotatable bonds is 10. The maximum absolute atomic E-state index is 9.21. The van der Waals surface area contributed by atoms with Gasteiger partial charge in [-0.1, -0.05) is 52.4 Å². The van der Waals surface area contributed by atoms with E-state index in [2.05, 4.69) is 45.9 Å². The topological polar surface area (TPSA) is 99.1 Å². The summed E-state index contributed by atoms with van der Waals surface area (Å²) in [6.45, 7) is 4.45. The Bertz CT molecular complexity index is 1020. The van der Waals surface area contributed by atoms with Crippen molar-refractivity contribution in [1.29, 1.82) is 10.5 Å². The van der Waals surface area contributed by atoms with E-state index in [-0.39, 0.29) is 11.4 Å². The Labute approximate surface area is 178 Å². The van der Waals surface area contributed by atoms with Crippen LogP contribution in [0.25, 0.3) is 22.3 Å². The fourth-order valence-electron chi connectivity index (χ4n) is 3.74. The van der Waals surface area contributed by atoms with Crippen molar-refractivity contribution in [2.75, 3.05) is 0 Å². The van der Waals surface area contributed by atoms with E-state index in [1.54, 1.807) is 0 Å². The molecule has 2 heterocycles. The zero-order chi connectivity index (χ0) is 21.3. The average molecular weight is 401 g/mol. The van der Waals surface area contributed by atoms with Crippen LogP contribution in [0.4, 0.5) is 0 Å². The van der Waals surface area contributed by atoms with E-state index in [1.165, 1.54) is 62.5 Å². The molecule has 0 fully saturated rings. The van der Waals surface area contributed by atoms with Crippen LogP contribution in [-0.4, -0.2) is 19.9 Å². The van der Waals surface area contributed by atoms with Gasteiger partial charge in [0, 0.05) is 0 Å². The third kappa shape index (κ3) is 5.07. The lowest BCUT2D eigenvalue weighted by atomic mass is 9.96. The van der Waals surface area contributed by atoms with Crippen molar-refractivity contribution in [1.82, 2.24) is 19.9 Å². The minimum Gasteiger partial charge on any atom is -0.224 e. The largest absolute Gasteiger partial charge is 0.224 e. The number of nitrogens with zero attached hydrogens (tertiary/aromatic N) is 6. The first-order valence-electron chi connectivity index (χ1n) is 11.0. The van der Waals surface area contributed by atoms with Crippen LogP contribution in [0.5, 0.6) is 0 Å².